The predicted octanol–water partition coefficient (Wildman–Crippen LogP) is 6.05. The number of carbonyl (C=O) groups excluding carboxylic acids is 1. The van der Waals surface area contributed by atoms with Crippen LogP contribution in [0.2, 0.25) is 5.02 Å². The van der Waals surface area contributed by atoms with Crippen LogP contribution >= 0.6 is 11.6 Å². The van der Waals surface area contributed by atoms with E-state index in [-0.39, 0.29) is 30.9 Å². The van der Waals surface area contributed by atoms with Crippen LogP contribution in [-0.2, 0) is 39.0 Å². The molecule has 0 radical (unpaired) electrons. The zero-order chi connectivity index (χ0) is 35.7. The number of benzene rings is 4. The molecule has 0 saturated carbocycles. The van der Waals surface area contributed by atoms with Crippen molar-refractivity contribution >= 4 is 33.2 Å². The van der Waals surface area contributed by atoms with Crippen molar-refractivity contribution in [2.45, 2.75) is 56.3 Å². The van der Waals surface area contributed by atoms with Gasteiger partial charge >= 0.3 is 0 Å². The Labute approximate surface area is 298 Å². The van der Waals surface area contributed by atoms with Gasteiger partial charge in [-0.05, 0) is 78.8 Å². The van der Waals surface area contributed by atoms with Gasteiger partial charge < -0.3 is 21.1 Å². The first kappa shape index (κ1) is 37.5. The predicted molar refractivity (Wildman–Crippen MR) is 193 cm³/mol. The number of amides is 1. The largest absolute Gasteiger partial charge is 0.375 e. The van der Waals surface area contributed by atoms with Gasteiger partial charge in [0.2, 0.25) is 15.9 Å². The monoisotopic (exact) mass is 724 g/mol. The van der Waals surface area contributed by atoms with Gasteiger partial charge in [-0.1, -0.05) is 72.3 Å². The molecule has 1 fully saturated rings. The van der Waals surface area contributed by atoms with Crippen molar-refractivity contribution in [1.29, 1.82) is 0 Å². The minimum absolute atomic E-state index is 0.230. The van der Waals surface area contributed by atoms with Gasteiger partial charge in [-0.25, -0.2) is 17.2 Å². The summed E-state index contributed by atoms with van der Waals surface area (Å²) < 4.78 is 62.3. The Morgan fingerprint density at radius 3 is 2.36 bits per heavy atom. The molecule has 0 aromatic heterocycles. The molecular formula is C38H43ClF2N4O4S. The van der Waals surface area contributed by atoms with Crippen LogP contribution in [0.5, 0.6) is 0 Å². The Morgan fingerprint density at radius 2 is 1.66 bits per heavy atom. The summed E-state index contributed by atoms with van der Waals surface area (Å²) in [6.07, 6.45) is 2.75. The number of hydrogen-bond acceptors (Lipinski definition) is 6. The van der Waals surface area contributed by atoms with E-state index in [1.54, 1.807) is 42.5 Å². The summed E-state index contributed by atoms with van der Waals surface area (Å²) in [6, 6.07) is 25.5. The third kappa shape index (κ3) is 10.2. The van der Waals surface area contributed by atoms with E-state index < -0.39 is 33.7 Å². The van der Waals surface area contributed by atoms with Crippen molar-refractivity contribution in [3.63, 3.8) is 0 Å². The molecule has 1 aliphatic rings. The van der Waals surface area contributed by atoms with Gasteiger partial charge in [0.05, 0.1) is 31.6 Å². The van der Waals surface area contributed by atoms with Crippen LogP contribution < -0.4 is 16.4 Å². The summed E-state index contributed by atoms with van der Waals surface area (Å²) in [6.45, 7) is 1.52. The van der Waals surface area contributed by atoms with Crippen LogP contribution in [0.15, 0.2) is 97.1 Å². The van der Waals surface area contributed by atoms with Crippen molar-refractivity contribution in [3.05, 3.63) is 136 Å². The first-order valence-electron chi connectivity index (χ1n) is 16.6. The lowest BCUT2D eigenvalue weighted by Gasteiger charge is -2.40. The second kappa shape index (κ2) is 17.5. The maximum Gasteiger partial charge on any atom is 0.241 e. The van der Waals surface area contributed by atoms with Crippen molar-refractivity contribution < 1.29 is 26.7 Å². The molecule has 266 valence electrons. The van der Waals surface area contributed by atoms with E-state index in [0.29, 0.717) is 55.2 Å². The average Bonchev–Trinajstić information content (AvgIpc) is 3.09. The highest BCUT2D eigenvalue weighted by Crippen LogP contribution is 2.29. The molecule has 1 saturated heterocycles. The standard InChI is InChI=1S/C38H43ClF2N4O4S/c1-50(47,48)45-31(22-43-23-32(45)25-49-24-27-7-3-2-4-8-27)9-5-10-33-35(41)11-6-12-36(33)44-38(46)37(42)34(28-15-17-29(39)18-16-28)21-26-13-19-30(40)20-14-26/h2-4,6-8,11-20,31-32,34,37,43H,5,9-10,21-25,42H2,1H3,(H,44,46). The first-order valence-corrected chi connectivity index (χ1v) is 18.9. The molecule has 4 atom stereocenters. The number of rotatable bonds is 15. The number of nitrogens with zero attached hydrogens (tertiary/aromatic N) is 1. The van der Waals surface area contributed by atoms with Crippen LogP contribution in [0.3, 0.4) is 0 Å². The zero-order valence-electron chi connectivity index (χ0n) is 27.9. The van der Waals surface area contributed by atoms with Crippen LogP contribution in [0.1, 0.15) is 41.0 Å². The van der Waals surface area contributed by atoms with E-state index in [9.17, 15) is 17.6 Å². The van der Waals surface area contributed by atoms with E-state index in [2.05, 4.69) is 10.6 Å². The molecule has 1 amide bonds. The maximum absolute atomic E-state index is 15.3. The third-order valence-electron chi connectivity index (χ3n) is 9.03. The molecule has 4 aromatic carbocycles. The molecule has 8 nitrogen and oxygen atoms in total. The topological polar surface area (TPSA) is 114 Å². The minimum Gasteiger partial charge on any atom is -0.375 e. The van der Waals surface area contributed by atoms with Crippen molar-refractivity contribution in [1.82, 2.24) is 9.62 Å². The summed E-state index contributed by atoms with van der Waals surface area (Å²) in [5.74, 6) is -1.84. The molecule has 1 aliphatic heterocycles. The lowest BCUT2D eigenvalue weighted by molar-refractivity contribution is -0.117. The number of sulfonamides is 1. The number of anilines is 1. The number of halogens is 3. The van der Waals surface area contributed by atoms with E-state index in [1.807, 2.05) is 30.3 Å². The average molecular weight is 725 g/mol. The molecule has 4 unspecified atom stereocenters. The second-order valence-electron chi connectivity index (χ2n) is 12.7. The lowest BCUT2D eigenvalue weighted by Crippen LogP contribution is -2.60. The molecule has 12 heteroatoms. The summed E-state index contributed by atoms with van der Waals surface area (Å²) in [5.41, 5.74) is 9.78. The van der Waals surface area contributed by atoms with Gasteiger partial charge in [-0.3, -0.25) is 4.79 Å². The van der Waals surface area contributed by atoms with Gasteiger partial charge in [0, 0.05) is 41.3 Å². The molecule has 0 bridgehead atoms. The first-order chi connectivity index (χ1) is 24.0. The van der Waals surface area contributed by atoms with Gasteiger partial charge in [-0.2, -0.15) is 4.31 Å². The summed E-state index contributed by atoms with van der Waals surface area (Å²) in [4.78, 5) is 13.7. The Balaban J connectivity index is 1.25. The normalized spacial score (nSPS) is 18.0. The van der Waals surface area contributed by atoms with Crippen LogP contribution in [0.4, 0.5) is 14.5 Å². The SMILES string of the molecule is CS(=O)(=O)N1C(CCCc2c(F)cccc2NC(=O)C(N)C(Cc2ccc(F)cc2)c2ccc(Cl)cc2)CNCC1COCc1ccccc1. The van der Waals surface area contributed by atoms with E-state index >= 15 is 4.39 Å². The fourth-order valence-corrected chi connectivity index (χ4v) is 8.09. The van der Waals surface area contributed by atoms with Crippen LogP contribution in [0.25, 0.3) is 0 Å². The molecule has 0 aliphatic carbocycles. The number of nitrogens with two attached hydrogens (primary N) is 1. The third-order valence-corrected chi connectivity index (χ3v) is 10.6. The number of nitrogens with one attached hydrogen (secondary N) is 2. The van der Waals surface area contributed by atoms with Gasteiger partial charge in [-0.15, -0.1) is 0 Å². The molecule has 50 heavy (non-hydrogen) atoms. The molecule has 0 spiro atoms. The van der Waals surface area contributed by atoms with Crippen LogP contribution in [-0.4, -0.2) is 62.7 Å². The molecular weight excluding hydrogens is 682 g/mol. The molecule has 1 heterocycles. The number of piperazine rings is 1. The fourth-order valence-electron chi connectivity index (χ4n) is 6.56. The summed E-state index contributed by atoms with van der Waals surface area (Å²) in [7, 11) is -3.57. The highest BCUT2D eigenvalue weighted by atomic mass is 35.5. The fraction of sp³-hybridized carbons (Fsp3) is 0.342. The maximum atomic E-state index is 15.3. The van der Waals surface area contributed by atoms with Crippen molar-refractivity contribution in [3.8, 4) is 0 Å². The Bertz CT molecular complexity index is 1820. The number of ether oxygens (including phenoxy) is 1. The van der Waals surface area contributed by atoms with Crippen LogP contribution in [0, 0.1) is 11.6 Å². The lowest BCUT2D eigenvalue weighted by atomic mass is 9.85. The molecule has 4 aromatic rings. The minimum atomic E-state index is -3.57. The number of hydrogen-bond donors (Lipinski definition) is 3. The van der Waals surface area contributed by atoms with Gasteiger partial charge in [0.25, 0.3) is 0 Å². The molecule has 5 rings (SSSR count). The molecule has 4 N–H and O–H groups in total. The quantitative estimate of drug-likeness (QED) is 0.138. The highest BCUT2D eigenvalue weighted by molar-refractivity contribution is 7.88. The smallest absolute Gasteiger partial charge is 0.241 e. The number of carbonyl (C=O) groups is 1. The van der Waals surface area contributed by atoms with Crippen molar-refractivity contribution in [2.75, 3.05) is 31.3 Å². The zero-order valence-corrected chi connectivity index (χ0v) is 29.5. The van der Waals surface area contributed by atoms with E-state index in [0.717, 1.165) is 16.7 Å². The Kier molecular flexibility index (Phi) is 13.1. The van der Waals surface area contributed by atoms with E-state index in [4.69, 9.17) is 22.1 Å². The van der Waals surface area contributed by atoms with Crippen molar-refractivity contribution in [2.24, 2.45) is 5.73 Å². The van der Waals surface area contributed by atoms with Gasteiger partial charge in [0.15, 0.2) is 0 Å². The Morgan fingerprint density at radius 1 is 0.960 bits per heavy atom. The summed E-state index contributed by atoms with van der Waals surface area (Å²) in [5, 5.41) is 6.72. The highest BCUT2D eigenvalue weighted by Gasteiger charge is 2.36. The second-order valence-corrected chi connectivity index (χ2v) is 15.0. The van der Waals surface area contributed by atoms with E-state index in [1.165, 1.54) is 34.8 Å². The Hall–Kier alpha value is -3.71. The van der Waals surface area contributed by atoms with Gasteiger partial charge in [0.1, 0.15) is 11.6 Å². The summed E-state index contributed by atoms with van der Waals surface area (Å²) >= 11 is 6.12.